The Kier molecular flexibility index (Phi) is 8.11. The van der Waals surface area contributed by atoms with E-state index in [9.17, 15) is 9.59 Å². The number of rotatable bonds is 9. The van der Waals surface area contributed by atoms with Crippen molar-refractivity contribution in [3.63, 3.8) is 0 Å². The number of ether oxygens (including phenoxy) is 2. The van der Waals surface area contributed by atoms with Gasteiger partial charge < -0.3 is 19.7 Å². The van der Waals surface area contributed by atoms with Gasteiger partial charge >= 0.3 is 0 Å². The molecule has 2 aromatic heterocycles. The SMILES string of the molecule is COc1ccc(Cn2c(-c3ccccc3)nc3sc(N4CCC[C@@H]4C(=O)N[C@H](C)c4ccccc4)nc3c2=O)c(OC)c1. The average molecular weight is 596 g/mol. The van der Waals surface area contributed by atoms with E-state index in [-0.39, 0.29) is 35.6 Å². The lowest BCUT2D eigenvalue weighted by molar-refractivity contribution is -0.122. The van der Waals surface area contributed by atoms with Crippen LogP contribution in [0.15, 0.2) is 83.7 Å². The van der Waals surface area contributed by atoms with Gasteiger partial charge in [0, 0.05) is 23.7 Å². The number of anilines is 1. The lowest BCUT2D eigenvalue weighted by Crippen LogP contribution is -2.44. The molecule has 0 saturated carbocycles. The summed E-state index contributed by atoms with van der Waals surface area (Å²) in [4.78, 5) is 39.8. The normalized spacial score (nSPS) is 15.4. The third-order valence-corrected chi connectivity index (χ3v) is 8.81. The van der Waals surface area contributed by atoms with E-state index >= 15 is 0 Å². The van der Waals surface area contributed by atoms with Gasteiger partial charge in [-0.15, -0.1) is 0 Å². The molecule has 1 aliphatic heterocycles. The van der Waals surface area contributed by atoms with E-state index in [1.54, 1.807) is 24.9 Å². The van der Waals surface area contributed by atoms with Gasteiger partial charge in [-0.2, -0.15) is 0 Å². The largest absolute Gasteiger partial charge is 0.497 e. The molecule has 220 valence electrons. The predicted molar refractivity (Wildman–Crippen MR) is 169 cm³/mol. The Morgan fingerprint density at radius 2 is 1.77 bits per heavy atom. The highest BCUT2D eigenvalue weighted by molar-refractivity contribution is 7.21. The molecule has 0 bridgehead atoms. The molecule has 1 aliphatic rings. The summed E-state index contributed by atoms with van der Waals surface area (Å²) in [6, 6.07) is 24.6. The first kappa shape index (κ1) is 28.4. The molecule has 10 heteroatoms. The summed E-state index contributed by atoms with van der Waals surface area (Å²) in [5, 5.41) is 3.79. The van der Waals surface area contributed by atoms with E-state index in [2.05, 4.69) is 5.32 Å². The number of carbonyl (C=O) groups excluding carboxylic acids is 1. The summed E-state index contributed by atoms with van der Waals surface area (Å²) < 4.78 is 12.6. The summed E-state index contributed by atoms with van der Waals surface area (Å²) in [6.07, 6.45) is 1.57. The number of methoxy groups -OCH3 is 2. The number of nitrogens with zero attached hydrogens (tertiary/aromatic N) is 4. The number of hydrogen-bond acceptors (Lipinski definition) is 8. The fourth-order valence-electron chi connectivity index (χ4n) is 5.53. The molecule has 1 fully saturated rings. The molecule has 5 aromatic rings. The monoisotopic (exact) mass is 595 g/mol. The third kappa shape index (κ3) is 5.70. The van der Waals surface area contributed by atoms with Crippen LogP contribution in [0, 0.1) is 0 Å². The summed E-state index contributed by atoms with van der Waals surface area (Å²) in [5.74, 6) is 1.77. The lowest BCUT2D eigenvalue weighted by atomic mass is 10.1. The van der Waals surface area contributed by atoms with Crippen molar-refractivity contribution in [2.75, 3.05) is 25.7 Å². The highest BCUT2D eigenvalue weighted by atomic mass is 32.1. The van der Waals surface area contributed by atoms with E-state index < -0.39 is 0 Å². The number of amides is 1. The van der Waals surface area contributed by atoms with Gasteiger partial charge in [0.1, 0.15) is 23.4 Å². The molecule has 0 spiro atoms. The first-order valence-electron chi connectivity index (χ1n) is 14.3. The fraction of sp³-hybridized carbons (Fsp3) is 0.273. The molecule has 2 atom stereocenters. The molecular formula is C33H33N5O4S. The fourth-order valence-corrected chi connectivity index (χ4v) is 6.54. The smallest absolute Gasteiger partial charge is 0.281 e. The second-order valence-electron chi connectivity index (χ2n) is 10.5. The van der Waals surface area contributed by atoms with Crippen molar-refractivity contribution >= 4 is 32.7 Å². The summed E-state index contributed by atoms with van der Waals surface area (Å²) in [5.41, 5.74) is 2.71. The molecule has 1 N–H and O–H groups in total. The van der Waals surface area contributed by atoms with E-state index in [1.165, 1.54) is 11.3 Å². The molecular weight excluding hydrogens is 562 g/mol. The van der Waals surface area contributed by atoms with Gasteiger partial charge in [0.2, 0.25) is 5.91 Å². The van der Waals surface area contributed by atoms with Crippen molar-refractivity contribution in [3.8, 4) is 22.9 Å². The highest BCUT2D eigenvalue weighted by Crippen LogP contribution is 2.34. The van der Waals surface area contributed by atoms with Crippen molar-refractivity contribution in [2.45, 2.75) is 38.4 Å². The van der Waals surface area contributed by atoms with Gasteiger partial charge in [-0.3, -0.25) is 14.2 Å². The Morgan fingerprint density at radius 1 is 1.02 bits per heavy atom. The molecule has 6 rings (SSSR count). The minimum Gasteiger partial charge on any atom is -0.497 e. The van der Waals surface area contributed by atoms with Crippen LogP contribution < -0.4 is 25.2 Å². The first-order chi connectivity index (χ1) is 21.0. The third-order valence-electron chi connectivity index (χ3n) is 7.82. The topological polar surface area (TPSA) is 98.6 Å². The Labute approximate surface area is 253 Å². The Bertz CT molecular complexity index is 1810. The van der Waals surface area contributed by atoms with Crippen molar-refractivity contribution in [3.05, 3.63) is 100 Å². The van der Waals surface area contributed by atoms with E-state index in [0.29, 0.717) is 40.3 Å². The molecule has 3 heterocycles. The quantitative estimate of drug-likeness (QED) is 0.243. The Hall–Kier alpha value is -4.70. The van der Waals surface area contributed by atoms with Crippen LogP contribution in [-0.2, 0) is 11.3 Å². The van der Waals surface area contributed by atoms with Gasteiger partial charge in [0.15, 0.2) is 15.5 Å². The molecule has 9 nitrogen and oxygen atoms in total. The molecule has 1 amide bonds. The van der Waals surface area contributed by atoms with Crippen LogP contribution in [-0.4, -0.2) is 47.2 Å². The zero-order valence-electron chi connectivity index (χ0n) is 24.3. The van der Waals surface area contributed by atoms with Crippen molar-refractivity contribution in [1.29, 1.82) is 0 Å². The number of aromatic nitrogens is 3. The van der Waals surface area contributed by atoms with Crippen LogP contribution in [0.3, 0.4) is 0 Å². The highest BCUT2D eigenvalue weighted by Gasteiger charge is 2.34. The zero-order valence-corrected chi connectivity index (χ0v) is 25.1. The Balaban J connectivity index is 1.37. The van der Waals surface area contributed by atoms with Crippen LogP contribution >= 0.6 is 11.3 Å². The number of thiazole rings is 1. The number of nitrogens with one attached hydrogen (secondary N) is 1. The Morgan fingerprint density at radius 3 is 2.49 bits per heavy atom. The van der Waals surface area contributed by atoms with Gasteiger partial charge in [0.05, 0.1) is 26.8 Å². The van der Waals surface area contributed by atoms with Crippen molar-refractivity contribution in [1.82, 2.24) is 19.9 Å². The molecule has 3 aromatic carbocycles. The maximum absolute atomic E-state index is 14.1. The second-order valence-corrected chi connectivity index (χ2v) is 11.5. The molecule has 43 heavy (non-hydrogen) atoms. The molecule has 1 saturated heterocycles. The number of benzene rings is 3. The van der Waals surface area contributed by atoms with Gasteiger partial charge in [0.25, 0.3) is 5.56 Å². The zero-order chi connectivity index (χ0) is 29.9. The second kappa shape index (κ2) is 12.3. The van der Waals surface area contributed by atoms with Crippen LogP contribution in [0.2, 0.25) is 0 Å². The summed E-state index contributed by atoms with van der Waals surface area (Å²) >= 11 is 1.35. The number of fused-ring (bicyclic) bond motifs is 1. The van der Waals surface area contributed by atoms with E-state index in [1.807, 2.05) is 84.6 Å². The van der Waals surface area contributed by atoms with Crippen molar-refractivity contribution in [2.24, 2.45) is 0 Å². The van der Waals surface area contributed by atoms with Crippen LogP contribution in [0.5, 0.6) is 11.5 Å². The maximum Gasteiger partial charge on any atom is 0.281 e. The first-order valence-corrected chi connectivity index (χ1v) is 15.1. The number of carbonyl (C=O) groups is 1. The minimum absolute atomic E-state index is 0.0462. The lowest BCUT2D eigenvalue weighted by Gasteiger charge is -2.25. The van der Waals surface area contributed by atoms with Gasteiger partial charge in [-0.05, 0) is 37.5 Å². The van der Waals surface area contributed by atoms with E-state index in [4.69, 9.17) is 19.4 Å². The van der Waals surface area contributed by atoms with Crippen molar-refractivity contribution < 1.29 is 14.3 Å². The molecule has 0 unspecified atom stereocenters. The van der Waals surface area contributed by atoms with Crippen LogP contribution in [0.25, 0.3) is 21.7 Å². The maximum atomic E-state index is 14.1. The number of hydrogen-bond donors (Lipinski definition) is 1. The van der Waals surface area contributed by atoms with E-state index in [0.717, 1.165) is 23.1 Å². The average Bonchev–Trinajstić information content (AvgIpc) is 3.71. The van der Waals surface area contributed by atoms with Gasteiger partial charge in [-0.1, -0.05) is 72.0 Å². The standard InChI is InChI=1S/C33H33N5O4S/c1-21(22-11-6-4-7-12-22)34-30(39)26-15-10-18-37(26)33-35-28-31(43-33)36-29(23-13-8-5-9-14-23)38(32(28)40)20-24-16-17-25(41-2)19-27(24)42-3/h4-9,11-14,16-17,19,21,26H,10,15,18,20H2,1-3H3,(H,34,39)/t21-,26-/m1/s1. The van der Waals surface area contributed by atoms with Gasteiger partial charge in [-0.25, -0.2) is 9.97 Å². The predicted octanol–water partition coefficient (Wildman–Crippen LogP) is 5.43. The summed E-state index contributed by atoms with van der Waals surface area (Å²) in [6.45, 7) is 2.90. The molecule has 0 aliphatic carbocycles. The van der Waals surface area contributed by atoms with Crippen LogP contribution in [0.1, 0.15) is 36.9 Å². The molecule has 0 radical (unpaired) electrons. The summed E-state index contributed by atoms with van der Waals surface area (Å²) in [7, 11) is 3.19. The van der Waals surface area contributed by atoms with Crippen LogP contribution in [0.4, 0.5) is 5.13 Å². The minimum atomic E-state index is -0.369.